The van der Waals surface area contributed by atoms with Gasteiger partial charge in [-0.15, -0.1) is 11.3 Å². The van der Waals surface area contributed by atoms with E-state index in [1.807, 2.05) is 25.1 Å². The normalized spacial score (nSPS) is 19.4. The van der Waals surface area contributed by atoms with Gasteiger partial charge in [0.15, 0.2) is 0 Å². The van der Waals surface area contributed by atoms with E-state index >= 15 is 0 Å². The SMILES string of the molecule is Cc1ccc(/C=C/C(=O)N2CCC(C)(O)CC2)s1. The number of rotatable bonds is 2. The van der Waals surface area contributed by atoms with E-state index in [4.69, 9.17) is 0 Å². The predicted molar refractivity (Wildman–Crippen MR) is 74.5 cm³/mol. The standard InChI is InChI=1S/C14H19NO2S/c1-11-3-4-12(18-11)5-6-13(16)15-9-7-14(2,17)8-10-15/h3-6,17H,7-10H2,1-2H3/b6-5+. The number of thiophene rings is 1. The van der Waals surface area contributed by atoms with Gasteiger partial charge in [0.1, 0.15) is 0 Å². The molecule has 3 nitrogen and oxygen atoms in total. The number of likely N-dealkylation sites (tertiary alicyclic amines) is 1. The summed E-state index contributed by atoms with van der Waals surface area (Å²) in [5.74, 6) is 0.0385. The van der Waals surface area contributed by atoms with Crippen LogP contribution >= 0.6 is 11.3 Å². The summed E-state index contributed by atoms with van der Waals surface area (Å²) < 4.78 is 0. The molecule has 1 N–H and O–H groups in total. The first-order chi connectivity index (χ1) is 8.46. The third kappa shape index (κ3) is 3.43. The third-order valence-corrected chi connectivity index (χ3v) is 4.27. The van der Waals surface area contributed by atoms with Crippen molar-refractivity contribution in [1.82, 2.24) is 4.90 Å². The molecule has 0 atom stereocenters. The zero-order valence-electron chi connectivity index (χ0n) is 10.8. The maximum Gasteiger partial charge on any atom is 0.246 e. The third-order valence-electron chi connectivity index (χ3n) is 3.30. The van der Waals surface area contributed by atoms with Crippen LogP contribution in [0.3, 0.4) is 0 Å². The Labute approximate surface area is 112 Å². The van der Waals surface area contributed by atoms with Crippen molar-refractivity contribution in [2.24, 2.45) is 0 Å². The summed E-state index contributed by atoms with van der Waals surface area (Å²) in [5, 5.41) is 9.83. The number of nitrogens with zero attached hydrogens (tertiary/aromatic N) is 1. The van der Waals surface area contributed by atoms with Crippen LogP contribution in [-0.2, 0) is 4.79 Å². The topological polar surface area (TPSA) is 40.5 Å². The molecular weight excluding hydrogens is 246 g/mol. The van der Waals surface area contributed by atoms with E-state index in [1.54, 1.807) is 22.3 Å². The van der Waals surface area contributed by atoms with Crippen molar-refractivity contribution in [2.45, 2.75) is 32.3 Å². The van der Waals surface area contributed by atoms with Crippen LogP contribution in [0.25, 0.3) is 6.08 Å². The second kappa shape index (κ2) is 5.24. The minimum Gasteiger partial charge on any atom is -0.390 e. The average molecular weight is 265 g/mol. The van der Waals surface area contributed by atoms with Crippen molar-refractivity contribution in [2.75, 3.05) is 13.1 Å². The predicted octanol–water partition coefficient (Wildman–Crippen LogP) is 2.44. The molecule has 0 unspecified atom stereocenters. The molecule has 1 aromatic heterocycles. The molecule has 18 heavy (non-hydrogen) atoms. The largest absolute Gasteiger partial charge is 0.390 e. The lowest BCUT2D eigenvalue weighted by Gasteiger charge is -2.35. The first-order valence-electron chi connectivity index (χ1n) is 6.22. The highest BCUT2D eigenvalue weighted by atomic mass is 32.1. The molecule has 0 saturated carbocycles. The van der Waals surface area contributed by atoms with E-state index in [-0.39, 0.29) is 5.91 Å². The van der Waals surface area contributed by atoms with Crippen LogP contribution in [0.4, 0.5) is 0 Å². The molecule has 1 saturated heterocycles. The molecule has 0 spiro atoms. The minimum absolute atomic E-state index is 0.0385. The van der Waals surface area contributed by atoms with Crippen molar-refractivity contribution >= 4 is 23.3 Å². The van der Waals surface area contributed by atoms with Crippen LogP contribution in [0.1, 0.15) is 29.5 Å². The van der Waals surface area contributed by atoms with E-state index < -0.39 is 5.60 Å². The highest BCUT2D eigenvalue weighted by Gasteiger charge is 2.28. The Morgan fingerprint density at radius 3 is 2.67 bits per heavy atom. The smallest absolute Gasteiger partial charge is 0.246 e. The Hall–Kier alpha value is -1.13. The zero-order chi connectivity index (χ0) is 13.2. The monoisotopic (exact) mass is 265 g/mol. The maximum absolute atomic E-state index is 12.0. The van der Waals surface area contributed by atoms with Crippen LogP contribution in [0.5, 0.6) is 0 Å². The number of carbonyl (C=O) groups is 1. The van der Waals surface area contributed by atoms with Crippen molar-refractivity contribution in [3.05, 3.63) is 28.0 Å². The van der Waals surface area contributed by atoms with Crippen molar-refractivity contribution in [3.63, 3.8) is 0 Å². The molecule has 2 heterocycles. The summed E-state index contributed by atoms with van der Waals surface area (Å²) in [5.41, 5.74) is -0.606. The number of carbonyl (C=O) groups excluding carboxylic acids is 1. The number of piperidine rings is 1. The maximum atomic E-state index is 12.0. The molecule has 1 amide bonds. The molecule has 0 aliphatic carbocycles. The first kappa shape index (κ1) is 13.3. The number of aryl methyl sites for hydroxylation is 1. The molecule has 1 fully saturated rings. The fourth-order valence-electron chi connectivity index (χ4n) is 2.01. The van der Waals surface area contributed by atoms with Gasteiger partial charge in [0, 0.05) is 28.9 Å². The van der Waals surface area contributed by atoms with Gasteiger partial charge in [-0.2, -0.15) is 0 Å². The quantitative estimate of drug-likeness (QED) is 0.834. The van der Waals surface area contributed by atoms with Gasteiger partial charge < -0.3 is 10.0 Å². The lowest BCUT2D eigenvalue weighted by atomic mass is 9.94. The molecule has 0 aromatic carbocycles. The van der Waals surface area contributed by atoms with Gasteiger partial charge in [-0.3, -0.25) is 4.79 Å². The van der Waals surface area contributed by atoms with Crippen molar-refractivity contribution < 1.29 is 9.90 Å². The highest BCUT2D eigenvalue weighted by molar-refractivity contribution is 7.12. The fourth-order valence-corrected chi connectivity index (χ4v) is 2.79. The molecule has 0 radical (unpaired) electrons. The van der Waals surface area contributed by atoms with Gasteiger partial charge in [0.05, 0.1) is 5.60 Å². The van der Waals surface area contributed by atoms with Crippen molar-refractivity contribution in [1.29, 1.82) is 0 Å². The van der Waals surface area contributed by atoms with E-state index in [9.17, 15) is 9.90 Å². The Bertz CT molecular complexity index is 452. The van der Waals surface area contributed by atoms with Gasteiger partial charge in [-0.1, -0.05) is 0 Å². The zero-order valence-corrected chi connectivity index (χ0v) is 11.7. The van der Waals surface area contributed by atoms with E-state index in [2.05, 4.69) is 6.92 Å². The van der Waals surface area contributed by atoms with Gasteiger partial charge in [-0.05, 0) is 44.9 Å². The number of amides is 1. The Balaban J connectivity index is 1.91. The van der Waals surface area contributed by atoms with E-state index in [0.29, 0.717) is 25.9 Å². The molecular formula is C14H19NO2S. The summed E-state index contributed by atoms with van der Waals surface area (Å²) in [6, 6.07) is 4.07. The second-order valence-corrected chi connectivity index (χ2v) is 6.42. The molecule has 1 aliphatic heterocycles. The molecule has 2 rings (SSSR count). The average Bonchev–Trinajstić information content (AvgIpc) is 2.72. The lowest BCUT2D eigenvalue weighted by molar-refractivity contribution is -0.129. The first-order valence-corrected chi connectivity index (χ1v) is 7.04. The minimum atomic E-state index is -0.606. The summed E-state index contributed by atoms with van der Waals surface area (Å²) in [6.07, 6.45) is 4.81. The van der Waals surface area contributed by atoms with Crippen LogP contribution < -0.4 is 0 Å². The molecule has 1 aliphatic rings. The van der Waals surface area contributed by atoms with Gasteiger partial charge in [0.2, 0.25) is 5.91 Å². The number of hydrogen-bond donors (Lipinski definition) is 1. The van der Waals surface area contributed by atoms with Gasteiger partial charge >= 0.3 is 0 Å². The summed E-state index contributed by atoms with van der Waals surface area (Å²) in [7, 11) is 0. The van der Waals surface area contributed by atoms with Crippen LogP contribution in [0.15, 0.2) is 18.2 Å². The number of aliphatic hydroxyl groups is 1. The van der Waals surface area contributed by atoms with E-state index in [1.165, 1.54) is 4.88 Å². The molecule has 0 bridgehead atoms. The van der Waals surface area contributed by atoms with Gasteiger partial charge in [0.25, 0.3) is 0 Å². The Kier molecular flexibility index (Phi) is 3.88. The Morgan fingerprint density at radius 2 is 2.11 bits per heavy atom. The lowest BCUT2D eigenvalue weighted by Crippen LogP contribution is -2.44. The summed E-state index contributed by atoms with van der Waals surface area (Å²) in [6.45, 7) is 5.16. The fraction of sp³-hybridized carbons (Fsp3) is 0.500. The summed E-state index contributed by atoms with van der Waals surface area (Å²) >= 11 is 1.68. The van der Waals surface area contributed by atoms with Gasteiger partial charge in [-0.25, -0.2) is 0 Å². The highest BCUT2D eigenvalue weighted by Crippen LogP contribution is 2.21. The Morgan fingerprint density at radius 1 is 1.44 bits per heavy atom. The number of hydrogen-bond acceptors (Lipinski definition) is 3. The van der Waals surface area contributed by atoms with Crippen LogP contribution in [0.2, 0.25) is 0 Å². The van der Waals surface area contributed by atoms with E-state index in [0.717, 1.165) is 4.88 Å². The molecule has 4 heteroatoms. The second-order valence-electron chi connectivity index (χ2n) is 5.10. The molecule has 1 aromatic rings. The van der Waals surface area contributed by atoms with Crippen molar-refractivity contribution in [3.8, 4) is 0 Å². The van der Waals surface area contributed by atoms with Crippen LogP contribution in [0, 0.1) is 6.92 Å². The molecule has 98 valence electrons. The van der Waals surface area contributed by atoms with Crippen LogP contribution in [-0.4, -0.2) is 34.6 Å². The summed E-state index contributed by atoms with van der Waals surface area (Å²) in [4.78, 5) is 16.1.